The van der Waals surface area contributed by atoms with Crippen LogP contribution in [0.4, 0.5) is 21.5 Å². The number of benzene rings is 1. The van der Waals surface area contributed by atoms with Gasteiger partial charge in [0.1, 0.15) is 5.02 Å². The van der Waals surface area contributed by atoms with Crippen LogP contribution in [-0.4, -0.2) is 25.8 Å². The molecular weight excluding hydrogens is 245 g/mol. The summed E-state index contributed by atoms with van der Waals surface area (Å²) in [5, 5.41) is -0.0756. The SMILES string of the molecule is CC1CN(c2c(N)cc(N)c(Cl)c2F)CCO1. The Bertz CT molecular complexity index is 441. The Labute approximate surface area is 104 Å². The molecule has 0 spiro atoms. The number of hydrogen-bond acceptors (Lipinski definition) is 4. The lowest BCUT2D eigenvalue weighted by atomic mass is 10.2. The molecule has 1 saturated heterocycles. The highest BCUT2D eigenvalue weighted by Crippen LogP contribution is 2.36. The van der Waals surface area contributed by atoms with Crippen molar-refractivity contribution in [3.63, 3.8) is 0 Å². The van der Waals surface area contributed by atoms with Crippen molar-refractivity contribution < 1.29 is 9.13 Å². The second-order valence-corrected chi connectivity index (χ2v) is 4.54. The van der Waals surface area contributed by atoms with Crippen molar-refractivity contribution in [2.75, 3.05) is 36.1 Å². The van der Waals surface area contributed by atoms with Crippen molar-refractivity contribution >= 4 is 28.7 Å². The molecule has 1 atom stereocenters. The maximum Gasteiger partial charge on any atom is 0.169 e. The normalized spacial score (nSPS) is 20.6. The molecule has 1 aromatic carbocycles. The molecule has 1 aliphatic heterocycles. The summed E-state index contributed by atoms with van der Waals surface area (Å²) < 4.78 is 19.5. The molecule has 0 radical (unpaired) electrons. The van der Waals surface area contributed by atoms with Gasteiger partial charge >= 0.3 is 0 Å². The zero-order chi connectivity index (χ0) is 12.6. The van der Waals surface area contributed by atoms with Crippen LogP contribution in [0.2, 0.25) is 5.02 Å². The monoisotopic (exact) mass is 259 g/mol. The molecular formula is C11H15ClFN3O. The maximum absolute atomic E-state index is 14.1. The standard InChI is InChI=1S/C11H15ClFN3O/c1-6-5-16(2-3-17-6)11-8(15)4-7(14)9(12)10(11)13/h4,6H,2-3,5,14-15H2,1H3. The van der Waals surface area contributed by atoms with E-state index in [-0.39, 0.29) is 16.8 Å². The highest BCUT2D eigenvalue weighted by Gasteiger charge is 2.24. The van der Waals surface area contributed by atoms with Crippen molar-refractivity contribution in [1.29, 1.82) is 0 Å². The lowest BCUT2D eigenvalue weighted by Crippen LogP contribution is -2.41. The summed E-state index contributed by atoms with van der Waals surface area (Å²) in [7, 11) is 0. The molecule has 0 saturated carbocycles. The molecule has 1 aromatic rings. The van der Waals surface area contributed by atoms with E-state index >= 15 is 0 Å². The molecule has 4 nitrogen and oxygen atoms in total. The Morgan fingerprint density at radius 1 is 1.47 bits per heavy atom. The van der Waals surface area contributed by atoms with E-state index in [1.807, 2.05) is 11.8 Å². The Morgan fingerprint density at radius 2 is 2.18 bits per heavy atom. The van der Waals surface area contributed by atoms with Crippen LogP contribution in [0.5, 0.6) is 0 Å². The third-order valence-electron chi connectivity index (χ3n) is 2.80. The zero-order valence-electron chi connectivity index (χ0n) is 9.54. The van der Waals surface area contributed by atoms with Gasteiger partial charge in [-0.2, -0.15) is 0 Å². The van der Waals surface area contributed by atoms with E-state index in [2.05, 4.69) is 0 Å². The first-order valence-electron chi connectivity index (χ1n) is 5.40. The van der Waals surface area contributed by atoms with E-state index in [0.29, 0.717) is 31.1 Å². The van der Waals surface area contributed by atoms with Gasteiger partial charge in [0, 0.05) is 13.1 Å². The largest absolute Gasteiger partial charge is 0.397 e. The van der Waals surface area contributed by atoms with Crippen LogP contribution in [-0.2, 0) is 4.74 Å². The maximum atomic E-state index is 14.1. The molecule has 94 valence electrons. The fourth-order valence-electron chi connectivity index (χ4n) is 2.00. The van der Waals surface area contributed by atoms with Gasteiger partial charge in [-0.05, 0) is 13.0 Å². The molecule has 4 N–H and O–H groups in total. The zero-order valence-corrected chi connectivity index (χ0v) is 10.3. The average molecular weight is 260 g/mol. The number of rotatable bonds is 1. The lowest BCUT2D eigenvalue weighted by Gasteiger charge is -2.34. The van der Waals surface area contributed by atoms with Crippen molar-refractivity contribution in [3.8, 4) is 0 Å². The van der Waals surface area contributed by atoms with Crippen molar-refractivity contribution in [3.05, 3.63) is 16.9 Å². The van der Waals surface area contributed by atoms with E-state index in [4.69, 9.17) is 27.8 Å². The second kappa shape index (κ2) is 4.58. The van der Waals surface area contributed by atoms with Crippen LogP contribution in [0, 0.1) is 5.82 Å². The summed E-state index contributed by atoms with van der Waals surface area (Å²) in [6.07, 6.45) is 0.0406. The summed E-state index contributed by atoms with van der Waals surface area (Å²) >= 11 is 5.80. The fourth-order valence-corrected chi connectivity index (χ4v) is 2.14. The van der Waals surface area contributed by atoms with Crippen molar-refractivity contribution in [1.82, 2.24) is 0 Å². The number of nitrogens with zero attached hydrogens (tertiary/aromatic N) is 1. The van der Waals surface area contributed by atoms with E-state index < -0.39 is 5.82 Å². The number of halogens is 2. The van der Waals surface area contributed by atoms with Crippen molar-refractivity contribution in [2.45, 2.75) is 13.0 Å². The van der Waals surface area contributed by atoms with Crippen LogP contribution in [0.1, 0.15) is 6.92 Å². The molecule has 1 fully saturated rings. The summed E-state index contributed by atoms with van der Waals surface area (Å²) in [4.78, 5) is 1.84. The second-order valence-electron chi connectivity index (χ2n) is 4.16. The van der Waals surface area contributed by atoms with Crippen molar-refractivity contribution in [2.24, 2.45) is 0 Å². The number of ether oxygens (including phenoxy) is 1. The number of nitrogens with two attached hydrogens (primary N) is 2. The summed E-state index contributed by atoms with van der Waals surface area (Å²) in [6.45, 7) is 3.65. The van der Waals surface area contributed by atoms with Gasteiger partial charge in [-0.25, -0.2) is 4.39 Å². The first kappa shape index (κ1) is 12.3. The first-order chi connectivity index (χ1) is 8.00. The van der Waals surface area contributed by atoms with Gasteiger partial charge in [0.25, 0.3) is 0 Å². The summed E-state index contributed by atoms with van der Waals surface area (Å²) in [5.74, 6) is -0.557. The minimum atomic E-state index is -0.557. The molecule has 1 unspecified atom stereocenters. The van der Waals surface area contributed by atoms with E-state index in [1.54, 1.807) is 0 Å². The van der Waals surface area contributed by atoms with E-state index in [1.165, 1.54) is 6.07 Å². The molecule has 0 aromatic heterocycles. The molecule has 1 aliphatic rings. The highest BCUT2D eigenvalue weighted by molar-refractivity contribution is 6.33. The topological polar surface area (TPSA) is 64.5 Å². The Hall–Kier alpha value is -1.20. The molecule has 6 heteroatoms. The van der Waals surface area contributed by atoms with Crippen LogP contribution in [0.3, 0.4) is 0 Å². The molecule has 0 bridgehead atoms. The van der Waals surface area contributed by atoms with E-state index in [0.717, 1.165) is 0 Å². The van der Waals surface area contributed by atoms with Gasteiger partial charge in [0.05, 0.1) is 29.8 Å². The minimum Gasteiger partial charge on any atom is -0.397 e. The molecule has 0 amide bonds. The van der Waals surface area contributed by atoms with Gasteiger partial charge in [-0.3, -0.25) is 0 Å². The van der Waals surface area contributed by atoms with Gasteiger partial charge in [-0.15, -0.1) is 0 Å². The summed E-state index contributed by atoms with van der Waals surface area (Å²) in [6, 6.07) is 1.49. The van der Waals surface area contributed by atoms with Crippen LogP contribution in [0.25, 0.3) is 0 Å². The average Bonchev–Trinajstić information content (AvgIpc) is 2.26. The third kappa shape index (κ3) is 2.25. The lowest BCUT2D eigenvalue weighted by molar-refractivity contribution is 0.0530. The van der Waals surface area contributed by atoms with Gasteiger partial charge < -0.3 is 21.1 Å². The predicted octanol–water partition coefficient (Wildman–Crippen LogP) is 1.87. The smallest absolute Gasteiger partial charge is 0.169 e. The van der Waals surface area contributed by atoms with E-state index in [9.17, 15) is 4.39 Å². The quantitative estimate of drug-likeness (QED) is 0.756. The van der Waals surface area contributed by atoms with Crippen LogP contribution >= 0.6 is 11.6 Å². The molecule has 1 heterocycles. The van der Waals surface area contributed by atoms with Crippen LogP contribution in [0.15, 0.2) is 6.07 Å². The molecule has 2 rings (SSSR count). The Balaban J connectivity index is 2.41. The Morgan fingerprint density at radius 3 is 2.82 bits per heavy atom. The third-order valence-corrected chi connectivity index (χ3v) is 3.18. The molecule has 0 aliphatic carbocycles. The Kier molecular flexibility index (Phi) is 3.31. The van der Waals surface area contributed by atoms with Gasteiger partial charge in [-0.1, -0.05) is 11.6 Å². The molecule has 17 heavy (non-hydrogen) atoms. The number of hydrogen-bond donors (Lipinski definition) is 2. The minimum absolute atomic E-state index is 0.0406. The van der Waals surface area contributed by atoms with Gasteiger partial charge in [0.15, 0.2) is 5.82 Å². The highest BCUT2D eigenvalue weighted by atomic mass is 35.5. The number of morpholine rings is 1. The number of nitrogen functional groups attached to an aromatic ring is 2. The predicted molar refractivity (Wildman–Crippen MR) is 67.9 cm³/mol. The first-order valence-corrected chi connectivity index (χ1v) is 5.78. The number of anilines is 3. The van der Waals surface area contributed by atoms with Gasteiger partial charge in [0.2, 0.25) is 0 Å². The fraction of sp³-hybridized carbons (Fsp3) is 0.455. The van der Waals surface area contributed by atoms with Crippen LogP contribution < -0.4 is 16.4 Å². The summed E-state index contributed by atoms with van der Waals surface area (Å²) in [5.41, 5.74) is 12.1.